The first kappa shape index (κ1) is 22.3. The Morgan fingerprint density at radius 3 is 2.71 bits per heavy atom. The summed E-state index contributed by atoms with van der Waals surface area (Å²) in [7, 11) is 0. The lowest BCUT2D eigenvalue weighted by molar-refractivity contribution is 0.0528. The molecule has 1 amide bonds. The molecule has 5 aromatic rings. The number of carbonyl (C=O) groups is 2. The monoisotopic (exact) mass is 486 g/mol. The highest BCUT2D eigenvalue weighted by atomic mass is 35.5. The number of H-pyrrole nitrogens is 1. The summed E-state index contributed by atoms with van der Waals surface area (Å²) in [6.45, 7) is 2.00. The largest absolute Gasteiger partial charge is 0.462 e. The summed E-state index contributed by atoms with van der Waals surface area (Å²) in [5.74, 6) is -0.816. The second kappa shape index (κ2) is 9.40. The minimum Gasteiger partial charge on any atom is -0.462 e. The molecule has 2 aromatic carbocycles. The molecule has 0 radical (unpaired) electrons. The summed E-state index contributed by atoms with van der Waals surface area (Å²) in [4.78, 5) is 29.3. The number of aromatic nitrogens is 5. The van der Waals surface area contributed by atoms with E-state index in [0.29, 0.717) is 33.4 Å². The number of fused-ring (bicyclic) bond motifs is 1. The van der Waals surface area contributed by atoms with E-state index in [0.717, 1.165) is 11.1 Å². The minimum absolute atomic E-state index is 0.259. The van der Waals surface area contributed by atoms with Crippen molar-refractivity contribution in [2.24, 2.45) is 0 Å². The molecule has 2 N–H and O–H groups in total. The van der Waals surface area contributed by atoms with Crippen LogP contribution in [0.4, 0.5) is 5.69 Å². The van der Waals surface area contributed by atoms with Crippen molar-refractivity contribution in [3.8, 4) is 22.5 Å². The van der Waals surface area contributed by atoms with Crippen LogP contribution in [0.25, 0.3) is 28.2 Å². The first-order valence-corrected chi connectivity index (χ1v) is 11.1. The Bertz CT molecular complexity index is 1540. The summed E-state index contributed by atoms with van der Waals surface area (Å²) in [6, 6.07) is 18.0. The zero-order valence-corrected chi connectivity index (χ0v) is 19.3. The fraction of sp³-hybridized carbons (Fsp3) is 0.0800. The predicted octanol–water partition coefficient (Wildman–Crippen LogP) is 4.87. The van der Waals surface area contributed by atoms with Gasteiger partial charge in [0, 0.05) is 28.0 Å². The minimum atomic E-state index is -0.481. The number of nitrogens with one attached hydrogen (secondary N) is 2. The Kier molecular flexibility index (Phi) is 5.99. The van der Waals surface area contributed by atoms with Gasteiger partial charge in [0.05, 0.1) is 24.2 Å². The number of hydrogen-bond donors (Lipinski definition) is 2. The fourth-order valence-corrected chi connectivity index (χ4v) is 3.75. The summed E-state index contributed by atoms with van der Waals surface area (Å²) in [5, 5.41) is 14.8. The van der Waals surface area contributed by atoms with Crippen molar-refractivity contribution in [3.63, 3.8) is 0 Å². The summed E-state index contributed by atoms with van der Waals surface area (Å²) in [6.07, 6.45) is 3.04. The molecule has 3 heterocycles. The van der Waals surface area contributed by atoms with E-state index in [2.05, 4.69) is 25.6 Å². The Hall–Kier alpha value is -4.50. The Morgan fingerprint density at radius 1 is 1.09 bits per heavy atom. The third-order valence-electron chi connectivity index (χ3n) is 5.28. The fourth-order valence-electron chi connectivity index (χ4n) is 3.62. The summed E-state index contributed by atoms with van der Waals surface area (Å²) in [5.41, 5.74) is 4.53. The molecule has 3 aromatic heterocycles. The lowest BCUT2D eigenvalue weighted by Gasteiger charge is -2.08. The number of ether oxygens (including phenoxy) is 1. The van der Waals surface area contributed by atoms with Gasteiger partial charge in [-0.15, -0.1) is 0 Å². The molecule has 0 atom stereocenters. The van der Waals surface area contributed by atoms with Crippen molar-refractivity contribution < 1.29 is 14.3 Å². The molecule has 0 aliphatic rings. The van der Waals surface area contributed by atoms with Crippen molar-refractivity contribution in [1.29, 1.82) is 0 Å². The Balaban J connectivity index is 1.39. The van der Waals surface area contributed by atoms with E-state index in [1.807, 2.05) is 30.3 Å². The van der Waals surface area contributed by atoms with Crippen molar-refractivity contribution >= 4 is 34.8 Å². The second-order valence-corrected chi connectivity index (χ2v) is 7.99. The van der Waals surface area contributed by atoms with Crippen molar-refractivity contribution in [1.82, 2.24) is 24.8 Å². The molecule has 0 spiro atoms. The third kappa shape index (κ3) is 4.49. The van der Waals surface area contributed by atoms with Gasteiger partial charge in [-0.05, 0) is 43.3 Å². The Labute approximate surface area is 204 Å². The van der Waals surface area contributed by atoms with Gasteiger partial charge in [-0.1, -0.05) is 35.9 Å². The highest BCUT2D eigenvalue weighted by Crippen LogP contribution is 2.25. The number of anilines is 1. The van der Waals surface area contributed by atoms with E-state index in [9.17, 15) is 9.59 Å². The lowest BCUT2D eigenvalue weighted by Crippen LogP contribution is -2.12. The molecule has 0 unspecified atom stereocenters. The highest BCUT2D eigenvalue weighted by Gasteiger charge is 2.17. The lowest BCUT2D eigenvalue weighted by atomic mass is 10.1. The number of nitrogens with zero attached hydrogens (tertiary/aromatic N) is 4. The van der Waals surface area contributed by atoms with E-state index < -0.39 is 5.97 Å². The van der Waals surface area contributed by atoms with Crippen molar-refractivity contribution in [2.45, 2.75) is 6.92 Å². The van der Waals surface area contributed by atoms with Crippen LogP contribution in [0.15, 0.2) is 73.1 Å². The smallest absolute Gasteiger partial charge is 0.343 e. The van der Waals surface area contributed by atoms with Gasteiger partial charge >= 0.3 is 5.97 Å². The van der Waals surface area contributed by atoms with Crippen LogP contribution >= 0.6 is 11.6 Å². The van der Waals surface area contributed by atoms with Gasteiger partial charge in [0.25, 0.3) is 5.91 Å². The predicted molar refractivity (Wildman–Crippen MR) is 131 cm³/mol. The average Bonchev–Trinajstić information content (AvgIpc) is 3.53. The molecule has 0 saturated carbocycles. The standard InChI is InChI=1S/C25H19ClN6O3/c1-2-35-25(34)19-14-28-32-22(10-11-27-23(19)32)16-4-3-5-18(12-16)29-24(33)21-13-20(30-31-21)15-6-8-17(26)9-7-15/h3-14H,2H2,1H3,(H,29,33)(H,30,31). The van der Waals surface area contributed by atoms with Gasteiger partial charge in [-0.2, -0.15) is 10.2 Å². The third-order valence-corrected chi connectivity index (χ3v) is 5.53. The quantitative estimate of drug-likeness (QED) is 0.331. The number of esters is 1. The van der Waals surface area contributed by atoms with E-state index >= 15 is 0 Å². The number of halogens is 1. The number of benzene rings is 2. The SMILES string of the molecule is CCOC(=O)c1cnn2c(-c3cccc(NC(=O)c4cc(-c5ccc(Cl)cc5)n[nH]4)c3)ccnc12. The van der Waals surface area contributed by atoms with Gasteiger partial charge in [0.2, 0.25) is 0 Å². The molecule has 5 rings (SSSR count). The molecule has 0 bridgehead atoms. The first-order valence-electron chi connectivity index (χ1n) is 10.8. The number of hydrogen-bond acceptors (Lipinski definition) is 6. The van der Waals surface area contributed by atoms with Crippen molar-refractivity contribution in [3.05, 3.63) is 89.3 Å². The number of aromatic amines is 1. The summed E-state index contributed by atoms with van der Waals surface area (Å²) >= 11 is 5.94. The average molecular weight is 487 g/mol. The zero-order chi connectivity index (χ0) is 24.4. The van der Waals surface area contributed by atoms with Crippen LogP contribution in [0.2, 0.25) is 5.02 Å². The molecule has 0 saturated heterocycles. The van der Waals surface area contributed by atoms with Gasteiger partial charge in [0.1, 0.15) is 11.3 Å². The van der Waals surface area contributed by atoms with Crippen LogP contribution in [0.3, 0.4) is 0 Å². The van der Waals surface area contributed by atoms with E-state index in [1.54, 1.807) is 48.0 Å². The van der Waals surface area contributed by atoms with Crippen LogP contribution in [-0.4, -0.2) is 43.3 Å². The number of amides is 1. The highest BCUT2D eigenvalue weighted by molar-refractivity contribution is 6.30. The molecule has 10 heteroatoms. The molecule has 0 aliphatic heterocycles. The van der Waals surface area contributed by atoms with E-state index in [4.69, 9.17) is 16.3 Å². The van der Waals surface area contributed by atoms with Crippen LogP contribution in [-0.2, 0) is 4.74 Å². The number of rotatable bonds is 6. The van der Waals surface area contributed by atoms with Gasteiger partial charge < -0.3 is 10.1 Å². The maximum absolute atomic E-state index is 12.8. The van der Waals surface area contributed by atoms with Gasteiger partial charge in [0.15, 0.2) is 5.65 Å². The second-order valence-electron chi connectivity index (χ2n) is 7.55. The molecule has 0 aliphatic carbocycles. The molecule has 9 nitrogen and oxygen atoms in total. The zero-order valence-electron chi connectivity index (χ0n) is 18.5. The van der Waals surface area contributed by atoms with E-state index in [-0.39, 0.29) is 18.1 Å². The van der Waals surface area contributed by atoms with Crippen LogP contribution in [0, 0.1) is 0 Å². The van der Waals surface area contributed by atoms with E-state index in [1.165, 1.54) is 6.20 Å². The number of carbonyl (C=O) groups excluding carboxylic acids is 2. The summed E-state index contributed by atoms with van der Waals surface area (Å²) < 4.78 is 6.66. The van der Waals surface area contributed by atoms with Crippen LogP contribution < -0.4 is 5.32 Å². The Morgan fingerprint density at radius 2 is 1.91 bits per heavy atom. The van der Waals surface area contributed by atoms with Gasteiger partial charge in [-0.25, -0.2) is 14.3 Å². The van der Waals surface area contributed by atoms with Crippen LogP contribution in [0.1, 0.15) is 27.8 Å². The van der Waals surface area contributed by atoms with Gasteiger partial charge in [-0.3, -0.25) is 9.89 Å². The molecule has 35 heavy (non-hydrogen) atoms. The first-order chi connectivity index (χ1) is 17.0. The maximum Gasteiger partial charge on any atom is 0.343 e. The van der Waals surface area contributed by atoms with Crippen LogP contribution in [0.5, 0.6) is 0 Å². The van der Waals surface area contributed by atoms with Crippen molar-refractivity contribution in [2.75, 3.05) is 11.9 Å². The molecule has 174 valence electrons. The molecular formula is C25H19ClN6O3. The molecule has 0 fully saturated rings. The normalized spacial score (nSPS) is 10.9. The molecular weight excluding hydrogens is 468 g/mol. The maximum atomic E-state index is 12.8. The topological polar surface area (TPSA) is 114 Å².